The van der Waals surface area contributed by atoms with Crippen molar-refractivity contribution in [3.63, 3.8) is 0 Å². The van der Waals surface area contributed by atoms with Gasteiger partial charge in [-0.15, -0.1) is 0 Å². The number of anilines is 2. The molecule has 1 heterocycles. The van der Waals surface area contributed by atoms with Crippen molar-refractivity contribution in [2.75, 3.05) is 17.7 Å². The van der Waals surface area contributed by atoms with Gasteiger partial charge in [0.1, 0.15) is 11.6 Å². The van der Waals surface area contributed by atoms with Crippen LogP contribution in [0.15, 0.2) is 66.9 Å². The number of aromatic nitrogens is 1. The summed E-state index contributed by atoms with van der Waals surface area (Å²) in [5.41, 5.74) is 2.04. The van der Waals surface area contributed by atoms with Gasteiger partial charge in [-0.25, -0.2) is 4.98 Å². The summed E-state index contributed by atoms with van der Waals surface area (Å²) >= 11 is 6.05. The fraction of sp³-hybridized carbons (Fsp3) is 0.100. The molecule has 6 heteroatoms. The highest BCUT2D eigenvalue weighted by Gasteiger charge is 2.09. The van der Waals surface area contributed by atoms with Crippen molar-refractivity contribution in [2.45, 2.75) is 6.54 Å². The molecule has 2 N–H and O–H groups in total. The van der Waals surface area contributed by atoms with E-state index in [4.69, 9.17) is 16.3 Å². The monoisotopic (exact) mass is 367 g/mol. The fourth-order valence-electron chi connectivity index (χ4n) is 2.42. The number of hydrogen-bond donors (Lipinski definition) is 2. The molecule has 5 nitrogen and oxygen atoms in total. The number of benzene rings is 2. The van der Waals surface area contributed by atoms with Gasteiger partial charge in [0.25, 0.3) is 5.91 Å². The van der Waals surface area contributed by atoms with Crippen LogP contribution in [-0.4, -0.2) is 18.0 Å². The van der Waals surface area contributed by atoms with Gasteiger partial charge in [0.2, 0.25) is 0 Å². The molecule has 0 saturated heterocycles. The molecule has 26 heavy (non-hydrogen) atoms. The van der Waals surface area contributed by atoms with Gasteiger partial charge in [0.05, 0.1) is 23.4 Å². The summed E-state index contributed by atoms with van der Waals surface area (Å²) < 4.78 is 5.33. The van der Waals surface area contributed by atoms with Gasteiger partial charge in [0, 0.05) is 18.3 Å². The number of nitrogens with one attached hydrogen (secondary N) is 2. The molecule has 0 fully saturated rings. The van der Waals surface area contributed by atoms with E-state index in [1.807, 2.05) is 36.4 Å². The van der Waals surface area contributed by atoms with E-state index in [2.05, 4.69) is 15.6 Å². The molecule has 132 valence electrons. The third-order valence-electron chi connectivity index (χ3n) is 3.80. The Morgan fingerprint density at radius 2 is 1.85 bits per heavy atom. The van der Waals surface area contributed by atoms with E-state index in [9.17, 15) is 4.79 Å². The van der Waals surface area contributed by atoms with Crippen LogP contribution in [0.4, 0.5) is 11.5 Å². The zero-order valence-electron chi connectivity index (χ0n) is 14.2. The molecule has 1 aromatic heterocycles. The fourth-order valence-corrected chi connectivity index (χ4v) is 2.61. The lowest BCUT2D eigenvalue weighted by Crippen LogP contribution is -2.13. The number of rotatable bonds is 6. The minimum Gasteiger partial charge on any atom is -0.496 e. The number of ether oxygens (including phenoxy) is 1. The Balaban J connectivity index is 1.63. The maximum Gasteiger partial charge on any atom is 0.257 e. The molecule has 0 aliphatic carbocycles. The van der Waals surface area contributed by atoms with Gasteiger partial charge in [-0.1, -0.05) is 41.9 Å². The van der Waals surface area contributed by atoms with E-state index in [1.165, 1.54) is 6.20 Å². The lowest BCUT2D eigenvalue weighted by molar-refractivity contribution is 0.102. The van der Waals surface area contributed by atoms with E-state index in [-0.39, 0.29) is 5.91 Å². The van der Waals surface area contributed by atoms with Gasteiger partial charge in [-0.3, -0.25) is 4.79 Å². The standard InChI is InChI=1S/C20H18ClN3O2/c1-26-18-9-5-2-6-14(18)12-22-19-11-10-15(13-23-19)20(25)24-17-8-4-3-7-16(17)21/h2-11,13H,12H2,1H3,(H,22,23)(H,24,25). The molecule has 2 aromatic carbocycles. The molecule has 0 bridgehead atoms. The molecule has 0 aliphatic rings. The maximum atomic E-state index is 12.3. The third kappa shape index (κ3) is 4.32. The highest BCUT2D eigenvalue weighted by Crippen LogP contribution is 2.21. The van der Waals surface area contributed by atoms with E-state index in [0.29, 0.717) is 28.6 Å². The summed E-state index contributed by atoms with van der Waals surface area (Å²) in [6, 6.07) is 18.3. The van der Waals surface area contributed by atoms with Gasteiger partial charge in [-0.2, -0.15) is 0 Å². The number of carbonyl (C=O) groups is 1. The zero-order chi connectivity index (χ0) is 18.4. The molecule has 0 radical (unpaired) electrons. The van der Waals surface area contributed by atoms with E-state index in [0.717, 1.165) is 11.3 Å². The first-order chi connectivity index (χ1) is 12.7. The van der Waals surface area contributed by atoms with Crippen LogP contribution >= 0.6 is 11.6 Å². The quantitative estimate of drug-likeness (QED) is 0.668. The number of carbonyl (C=O) groups excluding carboxylic acids is 1. The molecule has 0 aliphatic heterocycles. The number of pyridine rings is 1. The molecular weight excluding hydrogens is 350 g/mol. The average molecular weight is 368 g/mol. The molecular formula is C20H18ClN3O2. The van der Waals surface area contributed by atoms with Crippen LogP contribution in [0, 0.1) is 0 Å². The van der Waals surface area contributed by atoms with Crippen LogP contribution in [-0.2, 0) is 6.54 Å². The van der Waals surface area contributed by atoms with Gasteiger partial charge >= 0.3 is 0 Å². The van der Waals surface area contributed by atoms with Crippen LogP contribution < -0.4 is 15.4 Å². The SMILES string of the molecule is COc1ccccc1CNc1ccc(C(=O)Nc2ccccc2Cl)cn1. The Bertz CT molecular complexity index is 898. The second-order valence-corrected chi connectivity index (χ2v) is 5.94. The van der Waals surface area contributed by atoms with Crippen LogP contribution in [0.2, 0.25) is 5.02 Å². The first-order valence-electron chi connectivity index (χ1n) is 8.05. The maximum absolute atomic E-state index is 12.3. The summed E-state index contributed by atoms with van der Waals surface area (Å²) in [5.74, 6) is 1.22. The Kier molecular flexibility index (Phi) is 5.71. The van der Waals surface area contributed by atoms with E-state index in [1.54, 1.807) is 31.4 Å². The van der Waals surface area contributed by atoms with E-state index >= 15 is 0 Å². The normalized spacial score (nSPS) is 10.2. The van der Waals surface area contributed by atoms with Crippen LogP contribution in [0.5, 0.6) is 5.75 Å². The minimum atomic E-state index is -0.262. The third-order valence-corrected chi connectivity index (χ3v) is 4.13. The molecule has 0 unspecified atom stereocenters. The van der Waals surface area contributed by atoms with E-state index < -0.39 is 0 Å². The van der Waals surface area contributed by atoms with Crippen molar-refractivity contribution in [3.8, 4) is 5.75 Å². The number of nitrogens with zero attached hydrogens (tertiary/aromatic N) is 1. The predicted molar refractivity (Wildman–Crippen MR) is 104 cm³/mol. The number of hydrogen-bond acceptors (Lipinski definition) is 4. The average Bonchev–Trinajstić information content (AvgIpc) is 2.68. The second kappa shape index (κ2) is 8.36. The first kappa shape index (κ1) is 17.8. The lowest BCUT2D eigenvalue weighted by atomic mass is 10.2. The van der Waals surface area contributed by atoms with Gasteiger partial charge in [-0.05, 0) is 30.3 Å². The lowest BCUT2D eigenvalue weighted by Gasteiger charge is -2.10. The summed E-state index contributed by atoms with van der Waals surface area (Å²) in [7, 11) is 1.64. The predicted octanol–water partition coefficient (Wildman–Crippen LogP) is 4.61. The van der Waals surface area contributed by atoms with Crippen molar-refractivity contribution in [3.05, 3.63) is 83.0 Å². The Hall–Kier alpha value is -3.05. The van der Waals surface area contributed by atoms with Crippen molar-refractivity contribution >= 4 is 29.0 Å². The second-order valence-electron chi connectivity index (χ2n) is 5.53. The topological polar surface area (TPSA) is 63.2 Å². The number of halogens is 1. The summed E-state index contributed by atoms with van der Waals surface area (Å²) in [6.07, 6.45) is 1.52. The summed E-state index contributed by atoms with van der Waals surface area (Å²) in [4.78, 5) is 16.6. The highest BCUT2D eigenvalue weighted by atomic mass is 35.5. The van der Waals surface area contributed by atoms with Crippen molar-refractivity contribution in [1.82, 2.24) is 4.98 Å². The number of amides is 1. The zero-order valence-corrected chi connectivity index (χ0v) is 15.0. The summed E-state index contributed by atoms with van der Waals surface area (Å²) in [5, 5.41) is 6.48. The molecule has 0 spiro atoms. The highest BCUT2D eigenvalue weighted by molar-refractivity contribution is 6.33. The molecule has 0 saturated carbocycles. The molecule has 3 rings (SSSR count). The first-order valence-corrected chi connectivity index (χ1v) is 8.43. The Morgan fingerprint density at radius 1 is 1.08 bits per heavy atom. The van der Waals surface area contributed by atoms with Crippen LogP contribution in [0.25, 0.3) is 0 Å². The number of para-hydroxylation sites is 2. The van der Waals surface area contributed by atoms with Crippen molar-refractivity contribution in [2.24, 2.45) is 0 Å². The van der Waals surface area contributed by atoms with Crippen LogP contribution in [0.1, 0.15) is 15.9 Å². The molecule has 0 atom stereocenters. The van der Waals surface area contributed by atoms with Gasteiger partial charge in [0.15, 0.2) is 0 Å². The summed E-state index contributed by atoms with van der Waals surface area (Å²) in [6.45, 7) is 0.572. The van der Waals surface area contributed by atoms with Crippen LogP contribution in [0.3, 0.4) is 0 Å². The van der Waals surface area contributed by atoms with Gasteiger partial charge < -0.3 is 15.4 Å². The molecule has 3 aromatic rings. The Labute approximate surface area is 157 Å². The minimum absolute atomic E-state index is 0.262. The van der Waals surface area contributed by atoms with Crippen molar-refractivity contribution < 1.29 is 9.53 Å². The van der Waals surface area contributed by atoms with Crippen molar-refractivity contribution in [1.29, 1.82) is 0 Å². The Morgan fingerprint density at radius 3 is 2.58 bits per heavy atom. The number of methoxy groups -OCH3 is 1. The smallest absolute Gasteiger partial charge is 0.257 e. The largest absolute Gasteiger partial charge is 0.496 e. The molecule has 1 amide bonds.